The van der Waals surface area contributed by atoms with E-state index in [2.05, 4.69) is 144 Å². The molecule has 0 fully saturated rings. The molecule has 0 aliphatic rings. The van der Waals surface area contributed by atoms with Crippen molar-refractivity contribution in [1.29, 1.82) is 5.26 Å². The predicted molar refractivity (Wildman–Crippen MR) is 197 cm³/mol. The highest BCUT2D eigenvalue weighted by molar-refractivity contribution is 7.25. The minimum absolute atomic E-state index is 0.630. The predicted octanol–water partition coefficient (Wildman–Crippen LogP) is 12.3. The van der Waals surface area contributed by atoms with Crippen molar-refractivity contribution in [3.05, 3.63) is 151 Å². The van der Waals surface area contributed by atoms with E-state index in [4.69, 9.17) is 4.42 Å². The zero-order valence-corrected chi connectivity index (χ0v) is 25.9. The van der Waals surface area contributed by atoms with Gasteiger partial charge in [0.15, 0.2) is 5.58 Å². The van der Waals surface area contributed by atoms with Crippen molar-refractivity contribution >= 4 is 75.3 Å². The molecule has 3 nitrogen and oxygen atoms in total. The van der Waals surface area contributed by atoms with Gasteiger partial charge in [-0.3, -0.25) is 0 Å². The van der Waals surface area contributed by atoms with Gasteiger partial charge in [-0.2, -0.15) is 5.26 Å². The third-order valence-electron chi connectivity index (χ3n) is 9.42. The molecule has 0 atom stereocenters. The van der Waals surface area contributed by atoms with Gasteiger partial charge >= 0.3 is 0 Å². The Morgan fingerprint density at radius 2 is 1.23 bits per heavy atom. The van der Waals surface area contributed by atoms with Crippen LogP contribution in [0.4, 0.5) is 0 Å². The van der Waals surface area contributed by atoms with E-state index in [1.165, 1.54) is 25.7 Å². The first kappa shape index (κ1) is 26.1. The van der Waals surface area contributed by atoms with E-state index >= 15 is 0 Å². The van der Waals surface area contributed by atoms with Crippen LogP contribution < -0.4 is 0 Å². The number of furan rings is 1. The quantitative estimate of drug-likeness (QED) is 0.198. The number of thiophene rings is 1. The molecule has 0 bridgehead atoms. The average molecular weight is 617 g/mol. The number of fused-ring (bicyclic) bond motifs is 9. The van der Waals surface area contributed by atoms with Crippen LogP contribution >= 0.6 is 11.3 Å². The van der Waals surface area contributed by atoms with Gasteiger partial charge in [0.2, 0.25) is 0 Å². The van der Waals surface area contributed by atoms with Gasteiger partial charge in [0.05, 0.1) is 28.4 Å². The first-order valence-corrected chi connectivity index (χ1v) is 16.5. The maximum Gasteiger partial charge on any atom is 0.159 e. The Morgan fingerprint density at radius 1 is 0.489 bits per heavy atom. The Morgan fingerprint density at radius 3 is 2.13 bits per heavy atom. The second-order valence-electron chi connectivity index (χ2n) is 12.0. The highest BCUT2D eigenvalue weighted by Crippen LogP contribution is 2.44. The highest BCUT2D eigenvalue weighted by Gasteiger charge is 2.21. The minimum atomic E-state index is 0.630. The van der Waals surface area contributed by atoms with E-state index in [9.17, 15) is 5.26 Å². The first-order valence-electron chi connectivity index (χ1n) is 15.7. The van der Waals surface area contributed by atoms with E-state index in [-0.39, 0.29) is 0 Å². The summed E-state index contributed by atoms with van der Waals surface area (Å²) in [5.74, 6) is 0. The molecule has 4 heteroatoms. The van der Waals surface area contributed by atoms with Gasteiger partial charge < -0.3 is 8.98 Å². The summed E-state index contributed by atoms with van der Waals surface area (Å²) in [7, 11) is 0. The standard InChI is InChI=1S/C43H24N2OS/c44-25-26-17-19-31-30-11-4-6-14-37(30)45(39(31)21-26)38-15-8-13-34-36-23-29(22-35(42(36)46-43(34)38)27-9-2-1-3-10-27)28-18-20-33-32-12-5-7-16-40(32)47-41(33)24-28/h1-24H. The lowest BCUT2D eigenvalue weighted by molar-refractivity contribution is 0.667. The van der Waals surface area contributed by atoms with Crippen molar-refractivity contribution < 1.29 is 4.42 Å². The molecule has 47 heavy (non-hydrogen) atoms. The molecule has 3 aromatic heterocycles. The van der Waals surface area contributed by atoms with Crippen LogP contribution in [0.25, 0.3) is 91.9 Å². The van der Waals surface area contributed by atoms with Gasteiger partial charge in [0.25, 0.3) is 0 Å². The Labute approximate surface area is 273 Å². The smallest absolute Gasteiger partial charge is 0.159 e. The summed E-state index contributed by atoms with van der Waals surface area (Å²) in [6.45, 7) is 0. The Bertz CT molecular complexity index is 2920. The number of nitriles is 1. The Balaban J connectivity index is 1.27. The van der Waals surface area contributed by atoms with Crippen LogP contribution in [0.15, 0.2) is 150 Å². The molecule has 0 saturated heterocycles. The second kappa shape index (κ2) is 9.92. The van der Waals surface area contributed by atoms with Gasteiger partial charge in [-0.1, -0.05) is 97.1 Å². The van der Waals surface area contributed by atoms with Crippen molar-refractivity contribution in [3.8, 4) is 34.0 Å². The van der Waals surface area contributed by atoms with E-state index in [1.807, 2.05) is 23.5 Å². The average Bonchev–Trinajstić information content (AvgIpc) is 3.80. The third kappa shape index (κ3) is 3.85. The minimum Gasteiger partial charge on any atom is -0.453 e. The molecule has 0 aliphatic heterocycles. The molecule has 0 amide bonds. The molecule has 3 heterocycles. The van der Waals surface area contributed by atoms with Crippen molar-refractivity contribution in [3.63, 3.8) is 0 Å². The monoisotopic (exact) mass is 616 g/mol. The number of hydrogen-bond acceptors (Lipinski definition) is 3. The molecule has 0 spiro atoms. The zero-order chi connectivity index (χ0) is 31.1. The van der Waals surface area contributed by atoms with Gasteiger partial charge in [-0.05, 0) is 65.2 Å². The Hall–Kier alpha value is -6.15. The number of hydrogen-bond donors (Lipinski definition) is 0. The lowest BCUT2D eigenvalue weighted by atomic mass is 9.95. The fourth-order valence-corrected chi connectivity index (χ4v) is 8.41. The summed E-state index contributed by atoms with van der Waals surface area (Å²) >= 11 is 1.84. The van der Waals surface area contributed by atoms with Gasteiger partial charge in [0.1, 0.15) is 5.58 Å². The number of rotatable bonds is 3. The van der Waals surface area contributed by atoms with E-state index in [0.29, 0.717) is 5.56 Å². The Kier molecular flexibility index (Phi) is 5.51. The van der Waals surface area contributed by atoms with E-state index < -0.39 is 0 Å². The molecular weight excluding hydrogens is 593 g/mol. The van der Waals surface area contributed by atoms with Crippen LogP contribution in [0.5, 0.6) is 0 Å². The maximum atomic E-state index is 9.78. The van der Waals surface area contributed by atoms with Gasteiger partial charge in [-0.15, -0.1) is 11.3 Å². The van der Waals surface area contributed by atoms with Crippen molar-refractivity contribution in [2.24, 2.45) is 0 Å². The van der Waals surface area contributed by atoms with Crippen LogP contribution in [-0.4, -0.2) is 4.57 Å². The molecule has 10 aromatic rings. The first-order chi connectivity index (χ1) is 23.2. The fraction of sp³-hybridized carbons (Fsp3) is 0. The summed E-state index contributed by atoms with van der Waals surface area (Å²) < 4.78 is 11.8. The lowest BCUT2D eigenvalue weighted by Crippen LogP contribution is -1.94. The topological polar surface area (TPSA) is 41.9 Å². The number of aromatic nitrogens is 1. The molecule has 0 radical (unpaired) electrons. The van der Waals surface area contributed by atoms with Crippen LogP contribution in [0.2, 0.25) is 0 Å². The molecule has 0 N–H and O–H groups in total. The highest BCUT2D eigenvalue weighted by atomic mass is 32.1. The molecule has 0 aliphatic carbocycles. The van der Waals surface area contributed by atoms with E-state index in [0.717, 1.165) is 66.1 Å². The summed E-state index contributed by atoms with van der Waals surface area (Å²) in [5, 5.41) is 16.8. The zero-order valence-electron chi connectivity index (χ0n) is 25.1. The molecule has 0 unspecified atom stereocenters. The summed E-state index contributed by atoms with van der Waals surface area (Å²) in [4.78, 5) is 0. The largest absolute Gasteiger partial charge is 0.453 e. The number of nitrogens with zero attached hydrogens (tertiary/aromatic N) is 2. The van der Waals surface area contributed by atoms with Crippen molar-refractivity contribution in [2.45, 2.75) is 0 Å². The summed E-state index contributed by atoms with van der Waals surface area (Å²) in [6, 6.07) is 53.6. The van der Waals surface area contributed by atoms with Crippen molar-refractivity contribution in [1.82, 2.24) is 4.57 Å². The number of para-hydroxylation sites is 2. The van der Waals surface area contributed by atoms with Gasteiger partial charge in [0, 0.05) is 47.3 Å². The normalized spacial score (nSPS) is 11.8. The van der Waals surface area contributed by atoms with Gasteiger partial charge in [-0.25, -0.2) is 0 Å². The molecule has 218 valence electrons. The SMILES string of the molecule is N#Cc1ccc2c3ccccc3n(-c3cccc4c3oc3c(-c5ccccc5)cc(-c5ccc6c(c5)sc5ccccc56)cc34)c2c1. The van der Waals surface area contributed by atoms with Crippen molar-refractivity contribution in [2.75, 3.05) is 0 Å². The molecule has 0 saturated carbocycles. The second-order valence-corrected chi connectivity index (χ2v) is 13.1. The fourth-order valence-electron chi connectivity index (χ4n) is 7.27. The number of benzene rings is 7. The lowest BCUT2D eigenvalue weighted by Gasteiger charge is -2.08. The molecule has 10 rings (SSSR count). The third-order valence-corrected chi connectivity index (χ3v) is 10.6. The molecule has 7 aromatic carbocycles. The van der Waals surface area contributed by atoms with Crippen LogP contribution in [0.3, 0.4) is 0 Å². The molecular formula is C43H24N2OS. The van der Waals surface area contributed by atoms with Crippen LogP contribution in [0.1, 0.15) is 5.56 Å². The van der Waals surface area contributed by atoms with Crippen LogP contribution in [-0.2, 0) is 0 Å². The maximum absolute atomic E-state index is 9.78. The van der Waals surface area contributed by atoms with Crippen LogP contribution in [0, 0.1) is 11.3 Å². The summed E-state index contributed by atoms with van der Waals surface area (Å²) in [5.41, 5.74) is 9.83. The summed E-state index contributed by atoms with van der Waals surface area (Å²) in [6.07, 6.45) is 0. The van der Waals surface area contributed by atoms with E-state index in [1.54, 1.807) is 0 Å².